The second-order valence-corrected chi connectivity index (χ2v) is 4.08. The number of aliphatic carboxylic acids is 1. The van der Waals surface area contributed by atoms with Crippen molar-refractivity contribution in [2.24, 2.45) is 5.92 Å². The van der Waals surface area contributed by atoms with Crippen LogP contribution in [0.5, 0.6) is 0 Å². The summed E-state index contributed by atoms with van der Waals surface area (Å²) in [6.45, 7) is 3.64. The maximum Gasteiger partial charge on any atom is 0.306 e. The number of pyridine rings is 1. The highest BCUT2D eigenvalue weighted by Crippen LogP contribution is 2.12. The first kappa shape index (κ1) is 10.7. The molecule has 1 atom stereocenters. The Bertz CT molecular complexity index is 531. The van der Waals surface area contributed by atoms with E-state index in [2.05, 4.69) is 4.98 Å². The van der Waals surface area contributed by atoms with Crippen LogP contribution in [0.1, 0.15) is 18.3 Å². The van der Waals surface area contributed by atoms with Gasteiger partial charge in [0.05, 0.1) is 17.6 Å². The number of fused-ring (bicyclic) bond motifs is 1. The third kappa shape index (κ3) is 1.91. The van der Waals surface area contributed by atoms with Gasteiger partial charge >= 0.3 is 5.97 Å². The van der Waals surface area contributed by atoms with Gasteiger partial charge in [-0.15, -0.1) is 0 Å². The van der Waals surface area contributed by atoms with Gasteiger partial charge in [-0.3, -0.25) is 4.79 Å². The topological polar surface area (TPSA) is 54.6 Å². The highest BCUT2D eigenvalue weighted by atomic mass is 16.4. The molecule has 0 spiro atoms. The summed E-state index contributed by atoms with van der Waals surface area (Å²) in [6, 6.07) is 3.92. The molecule has 0 aliphatic carbocycles. The van der Waals surface area contributed by atoms with Crippen molar-refractivity contribution in [2.45, 2.75) is 20.3 Å². The molecule has 0 aliphatic heterocycles. The van der Waals surface area contributed by atoms with Crippen LogP contribution in [0.15, 0.2) is 24.5 Å². The molecule has 2 aromatic heterocycles. The molecule has 84 valence electrons. The van der Waals surface area contributed by atoms with Gasteiger partial charge < -0.3 is 9.51 Å². The van der Waals surface area contributed by atoms with Crippen molar-refractivity contribution < 1.29 is 9.90 Å². The number of rotatable bonds is 3. The SMILES string of the molecule is Cc1ncc2ccc(CC(C)C(=O)O)cn12. The molecule has 0 aromatic carbocycles. The number of carboxylic acids is 1. The van der Waals surface area contributed by atoms with Gasteiger partial charge in [0.15, 0.2) is 0 Å². The number of carboxylic acid groups (broad SMARTS) is 1. The van der Waals surface area contributed by atoms with Crippen LogP contribution < -0.4 is 0 Å². The largest absolute Gasteiger partial charge is 0.481 e. The Balaban J connectivity index is 2.32. The molecule has 0 radical (unpaired) electrons. The standard InChI is InChI=1S/C12H14N2O2/c1-8(12(15)16)5-10-3-4-11-6-13-9(2)14(11)7-10/h3-4,6-8H,5H2,1-2H3,(H,15,16). The van der Waals surface area contributed by atoms with Crippen molar-refractivity contribution in [3.05, 3.63) is 35.9 Å². The van der Waals surface area contributed by atoms with Gasteiger partial charge in [-0.1, -0.05) is 13.0 Å². The molecule has 2 rings (SSSR count). The average molecular weight is 218 g/mol. The maximum atomic E-state index is 10.8. The molecule has 0 bridgehead atoms. The third-order valence-corrected chi connectivity index (χ3v) is 2.74. The molecule has 0 saturated heterocycles. The summed E-state index contributed by atoms with van der Waals surface area (Å²) in [5.74, 6) is -0.205. The van der Waals surface area contributed by atoms with E-state index >= 15 is 0 Å². The number of hydrogen-bond acceptors (Lipinski definition) is 2. The highest BCUT2D eigenvalue weighted by molar-refractivity contribution is 5.69. The fourth-order valence-electron chi connectivity index (χ4n) is 1.72. The van der Waals surface area contributed by atoms with Crippen molar-refractivity contribution in [3.63, 3.8) is 0 Å². The van der Waals surface area contributed by atoms with Gasteiger partial charge in [0.25, 0.3) is 0 Å². The monoisotopic (exact) mass is 218 g/mol. The number of hydrogen-bond donors (Lipinski definition) is 1. The molecule has 4 nitrogen and oxygen atoms in total. The minimum absolute atomic E-state index is 0.360. The predicted octanol–water partition coefficient (Wildman–Crippen LogP) is 1.91. The predicted molar refractivity (Wildman–Crippen MR) is 60.4 cm³/mol. The summed E-state index contributed by atoms with van der Waals surface area (Å²) < 4.78 is 1.98. The highest BCUT2D eigenvalue weighted by Gasteiger charge is 2.12. The zero-order valence-corrected chi connectivity index (χ0v) is 9.34. The van der Waals surface area contributed by atoms with Crippen LogP contribution in [0.2, 0.25) is 0 Å². The van der Waals surface area contributed by atoms with E-state index in [4.69, 9.17) is 5.11 Å². The Hall–Kier alpha value is -1.84. The van der Waals surface area contributed by atoms with Crippen molar-refractivity contribution in [3.8, 4) is 0 Å². The lowest BCUT2D eigenvalue weighted by atomic mass is 10.0. The zero-order chi connectivity index (χ0) is 11.7. The number of carbonyl (C=O) groups is 1. The molecule has 0 fully saturated rings. The summed E-state index contributed by atoms with van der Waals surface area (Å²) in [5, 5.41) is 8.85. The lowest BCUT2D eigenvalue weighted by molar-refractivity contribution is -0.141. The van der Waals surface area contributed by atoms with Gasteiger partial charge in [-0.05, 0) is 25.0 Å². The Morgan fingerprint density at radius 1 is 1.56 bits per heavy atom. The summed E-state index contributed by atoms with van der Waals surface area (Å²) in [4.78, 5) is 15.0. The minimum atomic E-state index is -0.762. The smallest absolute Gasteiger partial charge is 0.306 e. The van der Waals surface area contributed by atoms with Crippen LogP contribution in [-0.4, -0.2) is 20.5 Å². The van der Waals surface area contributed by atoms with Gasteiger partial charge in [0, 0.05) is 6.20 Å². The van der Waals surface area contributed by atoms with E-state index in [1.807, 2.05) is 29.7 Å². The van der Waals surface area contributed by atoms with E-state index in [-0.39, 0.29) is 5.92 Å². The van der Waals surface area contributed by atoms with Gasteiger partial charge in [0.1, 0.15) is 5.82 Å². The van der Waals surface area contributed by atoms with E-state index in [1.165, 1.54) is 0 Å². The first-order valence-electron chi connectivity index (χ1n) is 5.23. The Morgan fingerprint density at radius 3 is 3.00 bits per heavy atom. The van der Waals surface area contributed by atoms with Crippen LogP contribution in [0, 0.1) is 12.8 Å². The van der Waals surface area contributed by atoms with Crippen molar-refractivity contribution >= 4 is 11.5 Å². The maximum absolute atomic E-state index is 10.8. The Kier molecular flexibility index (Phi) is 2.64. The van der Waals surface area contributed by atoms with Crippen molar-refractivity contribution in [2.75, 3.05) is 0 Å². The van der Waals surface area contributed by atoms with Crippen LogP contribution >= 0.6 is 0 Å². The van der Waals surface area contributed by atoms with Gasteiger partial charge in [-0.2, -0.15) is 0 Å². The molecule has 2 heterocycles. The number of nitrogens with zero attached hydrogens (tertiary/aromatic N) is 2. The fraction of sp³-hybridized carbons (Fsp3) is 0.333. The first-order valence-corrected chi connectivity index (χ1v) is 5.23. The zero-order valence-electron chi connectivity index (χ0n) is 9.34. The van der Waals surface area contributed by atoms with Crippen molar-refractivity contribution in [1.29, 1.82) is 0 Å². The van der Waals surface area contributed by atoms with E-state index in [1.54, 1.807) is 13.1 Å². The lowest BCUT2D eigenvalue weighted by Crippen LogP contribution is -2.12. The molecule has 2 aromatic rings. The van der Waals surface area contributed by atoms with Crippen molar-refractivity contribution in [1.82, 2.24) is 9.38 Å². The molecule has 0 aliphatic rings. The summed E-state index contributed by atoms with van der Waals surface area (Å²) in [5.41, 5.74) is 2.05. The molecule has 4 heteroatoms. The number of imidazole rings is 1. The van der Waals surface area contributed by atoms with Gasteiger partial charge in [-0.25, -0.2) is 4.98 Å². The average Bonchev–Trinajstić information content (AvgIpc) is 2.60. The van der Waals surface area contributed by atoms with E-state index in [9.17, 15) is 4.79 Å². The lowest BCUT2D eigenvalue weighted by Gasteiger charge is -2.07. The molecule has 1 unspecified atom stereocenters. The van der Waals surface area contributed by atoms with Crippen LogP contribution in [0.3, 0.4) is 0 Å². The molecular formula is C12H14N2O2. The first-order chi connectivity index (χ1) is 7.58. The second-order valence-electron chi connectivity index (χ2n) is 4.08. The second kappa shape index (κ2) is 3.96. The summed E-state index contributed by atoms with van der Waals surface area (Å²) in [7, 11) is 0. The van der Waals surface area contributed by atoms with E-state index in [0.29, 0.717) is 6.42 Å². The molecule has 16 heavy (non-hydrogen) atoms. The Labute approximate surface area is 93.5 Å². The van der Waals surface area contributed by atoms with Crippen LogP contribution in [0.4, 0.5) is 0 Å². The fourth-order valence-corrected chi connectivity index (χ4v) is 1.72. The molecule has 1 N–H and O–H groups in total. The molecular weight excluding hydrogens is 204 g/mol. The quantitative estimate of drug-likeness (QED) is 0.856. The summed E-state index contributed by atoms with van der Waals surface area (Å²) in [6.07, 6.45) is 4.31. The number of aromatic nitrogens is 2. The van der Waals surface area contributed by atoms with Gasteiger partial charge in [0.2, 0.25) is 0 Å². The van der Waals surface area contributed by atoms with Crippen LogP contribution in [0.25, 0.3) is 5.52 Å². The summed E-state index contributed by atoms with van der Waals surface area (Å²) >= 11 is 0. The minimum Gasteiger partial charge on any atom is -0.481 e. The van der Waals surface area contributed by atoms with E-state index < -0.39 is 5.97 Å². The molecule has 0 saturated carbocycles. The third-order valence-electron chi connectivity index (χ3n) is 2.74. The Morgan fingerprint density at radius 2 is 2.31 bits per heavy atom. The normalized spacial score (nSPS) is 12.9. The molecule has 0 amide bonds. The number of aryl methyl sites for hydroxylation is 1. The van der Waals surface area contributed by atoms with Crippen LogP contribution in [-0.2, 0) is 11.2 Å². The van der Waals surface area contributed by atoms with E-state index in [0.717, 1.165) is 16.9 Å².